The predicted molar refractivity (Wildman–Crippen MR) is 115 cm³/mol. The van der Waals surface area contributed by atoms with Crippen LogP contribution in [0, 0.1) is 0 Å². The van der Waals surface area contributed by atoms with Crippen molar-refractivity contribution in [2.24, 2.45) is 5.73 Å². The molecule has 1 amide bonds. The minimum atomic E-state index is -0.791. The quantitative estimate of drug-likeness (QED) is 0.411. The number of aromatic nitrogens is 1. The highest BCUT2D eigenvalue weighted by atomic mass is 79.9. The van der Waals surface area contributed by atoms with E-state index in [2.05, 4.69) is 20.9 Å². The molecular weight excluding hydrogens is 432 g/mol. The van der Waals surface area contributed by atoms with E-state index in [4.69, 9.17) is 10.5 Å². The fourth-order valence-corrected chi connectivity index (χ4v) is 3.75. The molecule has 0 atom stereocenters. The van der Waals surface area contributed by atoms with Crippen molar-refractivity contribution in [1.82, 2.24) is 4.98 Å². The lowest BCUT2D eigenvalue weighted by Crippen LogP contribution is -2.14. The van der Waals surface area contributed by atoms with Crippen molar-refractivity contribution in [3.05, 3.63) is 94.2 Å². The van der Waals surface area contributed by atoms with Gasteiger partial charge in [0.05, 0.1) is 0 Å². The average molecular weight is 449 g/mol. The Kier molecular flexibility index (Phi) is 5.18. The van der Waals surface area contributed by atoms with Crippen LogP contribution < -0.4 is 10.5 Å². The number of nitrogens with zero attached hydrogens (tertiary/aromatic N) is 1. The normalized spacial score (nSPS) is 10.8. The number of pyridine rings is 1. The second-order valence-corrected chi connectivity index (χ2v) is 7.30. The van der Waals surface area contributed by atoms with Crippen molar-refractivity contribution in [2.75, 3.05) is 0 Å². The van der Waals surface area contributed by atoms with Gasteiger partial charge in [0, 0.05) is 10.8 Å². The van der Waals surface area contributed by atoms with Gasteiger partial charge < -0.3 is 15.6 Å². The van der Waals surface area contributed by atoms with Gasteiger partial charge in [-0.25, -0.2) is 4.98 Å². The van der Waals surface area contributed by atoms with Gasteiger partial charge in [-0.2, -0.15) is 0 Å². The number of hydrogen-bond donors (Lipinski definition) is 2. The third kappa shape index (κ3) is 3.93. The van der Waals surface area contributed by atoms with Crippen LogP contribution in [0.2, 0.25) is 0 Å². The predicted octanol–water partition coefficient (Wildman–Crippen LogP) is 5.18. The molecule has 0 aliphatic carbocycles. The molecule has 1 heterocycles. The zero-order valence-corrected chi connectivity index (χ0v) is 16.9. The fraction of sp³-hybridized carbons (Fsp3) is 0.0435. The summed E-state index contributed by atoms with van der Waals surface area (Å²) < 4.78 is 6.42. The van der Waals surface area contributed by atoms with E-state index in [1.165, 1.54) is 0 Å². The van der Waals surface area contributed by atoms with Gasteiger partial charge in [-0.05, 0) is 57.7 Å². The fourth-order valence-electron chi connectivity index (χ4n) is 3.26. The van der Waals surface area contributed by atoms with Crippen LogP contribution >= 0.6 is 15.9 Å². The van der Waals surface area contributed by atoms with E-state index in [-0.39, 0.29) is 11.4 Å². The second-order valence-electron chi connectivity index (χ2n) is 6.55. The van der Waals surface area contributed by atoms with E-state index in [1.54, 1.807) is 6.07 Å². The van der Waals surface area contributed by atoms with Gasteiger partial charge in [0.25, 0.3) is 5.91 Å². The van der Waals surface area contributed by atoms with Crippen LogP contribution in [0.25, 0.3) is 10.8 Å². The van der Waals surface area contributed by atoms with Crippen LogP contribution in [-0.4, -0.2) is 16.0 Å². The number of aromatic hydroxyl groups is 1. The van der Waals surface area contributed by atoms with E-state index in [9.17, 15) is 9.90 Å². The van der Waals surface area contributed by atoms with Gasteiger partial charge in [0.15, 0.2) is 11.4 Å². The Morgan fingerprint density at radius 2 is 1.66 bits per heavy atom. The number of benzene rings is 3. The molecular formula is C23H17BrN2O3. The number of halogens is 1. The molecule has 29 heavy (non-hydrogen) atoms. The van der Waals surface area contributed by atoms with Crippen LogP contribution in [0.3, 0.4) is 0 Å². The molecule has 3 N–H and O–H groups in total. The molecule has 0 aliphatic heterocycles. The Bertz CT molecular complexity index is 1200. The Morgan fingerprint density at radius 3 is 2.31 bits per heavy atom. The number of carbonyl (C=O) groups excluding carboxylic acids is 1. The summed E-state index contributed by atoms with van der Waals surface area (Å²) in [4.78, 5) is 15.9. The lowest BCUT2D eigenvalue weighted by Gasteiger charge is -2.15. The first-order chi connectivity index (χ1) is 14.0. The number of amides is 1. The number of primary amides is 1. The molecule has 6 heteroatoms. The molecule has 1 aromatic heterocycles. The van der Waals surface area contributed by atoms with Crippen LogP contribution in [0.15, 0.2) is 77.4 Å². The highest BCUT2D eigenvalue weighted by Crippen LogP contribution is 2.39. The average Bonchev–Trinajstić information content (AvgIpc) is 2.72. The molecule has 144 valence electrons. The standard InChI is InChI=1S/C23H17BrN2O3/c24-22-18-13-17(29-16-9-5-2-6-10-16)12-15(11-14-7-3-1-4-8-14)19(18)21(27)20(26-22)23(25)28/h1-10,12-13,27H,11H2,(H2,25,28). The summed E-state index contributed by atoms with van der Waals surface area (Å²) in [5.74, 6) is 0.274. The monoisotopic (exact) mass is 448 g/mol. The topological polar surface area (TPSA) is 85.4 Å². The van der Waals surface area contributed by atoms with Gasteiger partial charge in [-0.3, -0.25) is 4.79 Å². The maximum absolute atomic E-state index is 11.7. The van der Waals surface area contributed by atoms with Gasteiger partial charge in [-0.15, -0.1) is 0 Å². The number of nitrogens with two attached hydrogens (primary N) is 1. The largest absolute Gasteiger partial charge is 0.505 e. The van der Waals surface area contributed by atoms with Crippen molar-refractivity contribution in [2.45, 2.75) is 6.42 Å². The molecule has 0 bridgehead atoms. The van der Waals surface area contributed by atoms with Crippen molar-refractivity contribution in [1.29, 1.82) is 0 Å². The van der Waals surface area contributed by atoms with Crippen LogP contribution in [0.1, 0.15) is 21.6 Å². The molecule has 0 unspecified atom stereocenters. The first-order valence-corrected chi connectivity index (χ1v) is 9.74. The van der Waals surface area contributed by atoms with E-state index < -0.39 is 5.91 Å². The van der Waals surface area contributed by atoms with Crippen molar-refractivity contribution in [3.63, 3.8) is 0 Å². The van der Waals surface area contributed by atoms with E-state index in [0.717, 1.165) is 11.1 Å². The Morgan fingerprint density at radius 1 is 1.00 bits per heavy atom. The SMILES string of the molecule is NC(=O)c1nc(Br)c2cc(Oc3ccccc3)cc(Cc3ccccc3)c2c1O. The zero-order chi connectivity index (χ0) is 20.4. The maximum atomic E-state index is 11.7. The molecule has 0 fully saturated rings. The minimum Gasteiger partial charge on any atom is -0.505 e. The van der Waals surface area contributed by atoms with Crippen LogP contribution in [-0.2, 0) is 6.42 Å². The zero-order valence-electron chi connectivity index (χ0n) is 15.3. The minimum absolute atomic E-state index is 0.171. The molecule has 3 aromatic carbocycles. The van der Waals surface area contributed by atoms with E-state index >= 15 is 0 Å². The number of para-hydroxylation sites is 1. The molecule has 0 saturated heterocycles. The third-order valence-corrected chi connectivity index (χ3v) is 5.14. The molecule has 4 rings (SSSR count). The summed E-state index contributed by atoms with van der Waals surface area (Å²) in [6.45, 7) is 0. The van der Waals surface area contributed by atoms with Crippen molar-refractivity contribution >= 4 is 32.6 Å². The number of fused-ring (bicyclic) bond motifs is 1. The van der Waals surface area contributed by atoms with Gasteiger partial charge >= 0.3 is 0 Å². The van der Waals surface area contributed by atoms with Gasteiger partial charge in [0.2, 0.25) is 0 Å². The smallest absolute Gasteiger partial charge is 0.271 e. The van der Waals surface area contributed by atoms with Crippen molar-refractivity contribution < 1.29 is 14.6 Å². The molecule has 0 spiro atoms. The first-order valence-electron chi connectivity index (χ1n) is 8.94. The maximum Gasteiger partial charge on any atom is 0.271 e. The molecule has 0 saturated carbocycles. The van der Waals surface area contributed by atoms with Crippen LogP contribution in [0.5, 0.6) is 17.2 Å². The second kappa shape index (κ2) is 7.93. The number of rotatable bonds is 5. The summed E-state index contributed by atoms with van der Waals surface area (Å²) in [5, 5.41) is 11.9. The Balaban J connectivity index is 1.92. The highest BCUT2D eigenvalue weighted by Gasteiger charge is 2.20. The Hall–Kier alpha value is -3.38. The van der Waals surface area contributed by atoms with Crippen LogP contribution in [0.4, 0.5) is 0 Å². The lowest BCUT2D eigenvalue weighted by molar-refractivity contribution is 0.0993. The summed E-state index contributed by atoms with van der Waals surface area (Å²) >= 11 is 3.40. The van der Waals surface area contributed by atoms with E-state index in [0.29, 0.717) is 33.3 Å². The Labute approximate surface area is 175 Å². The van der Waals surface area contributed by atoms with E-state index in [1.807, 2.05) is 66.7 Å². The molecule has 0 aliphatic rings. The summed E-state index contributed by atoms with van der Waals surface area (Å²) in [5.41, 5.74) is 7.08. The first kappa shape index (κ1) is 19.0. The summed E-state index contributed by atoms with van der Waals surface area (Å²) in [6, 6.07) is 22.9. The molecule has 5 nitrogen and oxygen atoms in total. The lowest BCUT2D eigenvalue weighted by atomic mass is 9.97. The third-order valence-electron chi connectivity index (χ3n) is 4.54. The highest BCUT2D eigenvalue weighted by molar-refractivity contribution is 9.10. The van der Waals surface area contributed by atoms with Crippen molar-refractivity contribution in [3.8, 4) is 17.2 Å². The summed E-state index contributed by atoms with van der Waals surface area (Å²) in [6.07, 6.45) is 0.533. The number of ether oxygens (including phenoxy) is 1. The molecule has 0 radical (unpaired) electrons. The van der Waals surface area contributed by atoms with Gasteiger partial charge in [-0.1, -0.05) is 48.5 Å². The molecule has 4 aromatic rings. The number of hydrogen-bond acceptors (Lipinski definition) is 4. The summed E-state index contributed by atoms with van der Waals surface area (Å²) in [7, 11) is 0. The van der Waals surface area contributed by atoms with Gasteiger partial charge in [0.1, 0.15) is 16.1 Å². The number of carbonyl (C=O) groups is 1.